The number of hydrogen-bond acceptors (Lipinski definition) is 8. The summed E-state index contributed by atoms with van der Waals surface area (Å²) in [4.78, 5) is 8.38. The largest absolute Gasteiger partial charge is 0.411 e. The molecule has 0 fully saturated rings. The normalized spacial score (nSPS) is 11.0. The number of pyridine rings is 1. The van der Waals surface area contributed by atoms with Crippen molar-refractivity contribution in [3.8, 4) is 22.8 Å². The van der Waals surface area contributed by atoms with Gasteiger partial charge in [-0.2, -0.15) is 4.98 Å². The molecule has 0 N–H and O–H groups in total. The zero-order chi connectivity index (χ0) is 18.5. The van der Waals surface area contributed by atoms with Crippen molar-refractivity contribution in [2.75, 3.05) is 5.75 Å². The highest BCUT2D eigenvalue weighted by molar-refractivity contribution is 7.99. The van der Waals surface area contributed by atoms with Gasteiger partial charge in [0.2, 0.25) is 17.6 Å². The van der Waals surface area contributed by atoms with Crippen molar-refractivity contribution in [1.82, 2.24) is 25.3 Å². The number of rotatable bonds is 7. The Labute approximate surface area is 164 Å². The molecular weight excluding hydrogens is 386 g/mol. The molecule has 0 saturated carbocycles. The number of benzene rings is 1. The minimum Gasteiger partial charge on any atom is -0.411 e. The fourth-order valence-electron chi connectivity index (χ4n) is 2.33. The van der Waals surface area contributed by atoms with Crippen LogP contribution in [0.5, 0.6) is 0 Å². The highest BCUT2D eigenvalue weighted by Gasteiger charge is 2.11. The SMILES string of the molecule is Clc1ccc(-c2nnc(SCCCc3nc(-c4ccncc4)no3)o2)cc1. The summed E-state index contributed by atoms with van der Waals surface area (Å²) in [7, 11) is 0. The first kappa shape index (κ1) is 17.7. The fraction of sp³-hybridized carbons (Fsp3) is 0.167. The maximum absolute atomic E-state index is 5.88. The van der Waals surface area contributed by atoms with Crippen LogP contribution in [0, 0.1) is 0 Å². The highest BCUT2D eigenvalue weighted by atomic mass is 35.5. The molecule has 0 aliphatic heterocycles. The molecule has 4 rings (SSSR count). The predicted octanol–water partition coefficient (Wildman–Crippen LogP) is 4.56. The summed E-state index contributed by atoms with van der Waals surface area (Å²) in [6.07, 6.45) is 4.93. The number of aromatic nitrogens is 5. The molecular formula is C18H14ClN5O2S. The average Bonchev–Trinajstić information content (AvgIpc) is 3.36. The summed E-state index contributed by atoms with van der Waals surface area (Å²) in [6.45, 7) is 0. The van der Waals surface area contributed by atoms with E-state index < -0.39 is 0 Å². The quantitative estimate of drug-likeness (QED) is 0.330. The molecule has 0 aliphatic carbocycles. The molecule has 0 saturated heterocycles. The molecule has 3 aromatic heterocycles. The minimum atomic E-state index is 0.480. The van der Waals surface area contributed by atoms with Gasteiger partial charge in [-0.25, -0.2) is 0 Å². The van der Waals surface area contributed by atoms with E-state index >= 15 is 0 Å². The third-order valence-corrected chi connectivity index (χ3v) is 4.82. The Morgan fingerprint density at radius 3 is 2.59 bits per heavy atom. The molecule has 3 heterocycles. The second-order valence-electron chi connectivity index (χ2n) is 5.58. The van der Waals surface area contributed by atoms with Crippen molar-refractivity contribution in [1.29, 1.82) is 0 Å². The van der Waals surface area contributed by atoms with E-state index in [-0.39, 0.29) is 0 Å². The molecule has 0 aliphatic rings. The number of aryl methyl sites for hydroxylation is 1. The molecule has 0 atom stereocenters. The van der Waals surface area contributed by atoms with Gasteiger partial charge in [-0.1, -0.05) is 28.5 Å². The van der Waals surface area contributed by atoms with E-state index in [4.69, 9.17) is 20.5 Å². The van der Waals surface area contributed by atoms with Crippen LogP contribution in [0.2, 0.25) is 5.02 Å². The Kier molecular flexibility index (Phi) is 5.45. The van der Waals surface area contributed by atoms with Crippen LogP contribution in [-0.4, -0.2) is 31.1 Å². The Hall–Kier alpha value is -2.71. The van der Waals surface area contributed by atoms with Crippen LogP contribution in [0.25, 0.3) is 22.8 Å². The molecule has 7 nitrogen and oxygen atoms in total. The topological polar surface area (TPSA) is 90.7 Å². The van der Waals surface area contributed by atoms with Gasteiger partial charge in [0.15, 0.2) is 0 Å². The molecule has 0 bridgehead atoms. The van der Waals surface area contributed by atoms with E-state index in [1.165, 1.54) is 11.8 Å². The number of hydrogen-bond donors (Lipinski definition) is 0. The van der Waals surface area contributed by atoms with Crippen molar-refractivity contribution in [2.45, 2.75) is 18.1 Å². The molecule has 0 amide bonds. The lowest BCUT2D eigenvalue weighted by Gasteiger charge is -1.95. The average molecular weight is 400 g/mol. The first-order chi connectivity index (χ1) is 13.3. The third kappa shape index (κ3) is 4.53. The van der Waals surface area contributed by atoms with Crippen LogP contribution >= 0.6 is 23.4 Å². The van der Waals surface area contributed by atoms with Crippen LogP contribution in [0.3, 0.4) is 0 Å². The maximum Gasteiger partial charge on any atom is 0.276 e. The second-order valence-corrected chi connectivity index (χ2v) is 7.06. The van der Waals surface area contributed by atoms with E-state index in [2.05, 4.69) is 25.3 Å². The van der Waals surface area contributed by atoms with Crippen LogP contribution in [0.1, 0.15) is 12.3 Å². The molecule has 9 heteroatoms. The van der Waals surface area contributed by atoms with Gasteiger partial charge in [0, 0.05) is 40.7 Å². The smallest absolute Gasteiger partial charge is 0.276 e. The van der Waals surface area contributed by atoms with Crippen molar-refractivity contribution >= 4 is 23.4 Å². The molecule has 0 radical (unpaired) electrons. The Morgan fingerprint density at radius 2 is 1.78 bits per heavy atom. The van der Waals surface area contributed by atoms with Gasteiger partial charge >= 0.3 is 0 Å². The first-order valence-electron chi connectivity index (χ1n) is 8.23. The molecule has 0 spiro atoms. The monoisotopic (exact) mass is 399 g/mol. The lowest BCUT2D eigenvalue weighted by molar-refractivity contribution is 0.378. The Morgan fingerprint density at radius 1 is 0.963 bits per heavy atom. The summed E-state index contributed by atoms with van der Waals surface area (Å²) in [5.74, 6) is 2.46. The van der Waals surface area contributed by atoms with E-state index in [1.54, 1.807) is 24.5 Å². The molecule has 27 heavy (non-hydrogen) atoms. The first-order valence-corrected chi connectivity index (χ1v) is 9.59. The van der Waals surface area contributed by atoms with Gasteiger partial charge in [0.1, 0.15) is 0 Å². The summed E-state index contributed by atoms with van der Waals surface area (Å²) in [5.41, 5.74) is 1.73. The molecule has 0 unspecified atom stereocenters. The van der Waals surface area contributed by atoms with Gasteiger partial charge in [-0.15, -0.1) is 10.2 Å². The highest BCUT2D eigenvalue weighted by Crippen LogP contribution is 2.25. The minimum absolute atomic E-state index is 0.480. The standard InChI is InChI=1S/C18H14ClN5O2S/c19-14-5-3-13(4-6-14)17-22-23-18(25-17)27-11-1-2-15-21-16(24-26-15)12-7-9-20-10-8-12/h3-10H,1-2,11H2. The maximum atomic E-state index is 5.88. The zero-order valence-electron chi connectivity index (χ0n) is 14.1. The lowest BCUT2D eigenvalue weighted by Crippen LogP contribution is -1.89. The Bertz CT molecular complexity index is 1000. The van der Waals surface area contributed by atoms with E-state index in [1.807, 2.05) is 24.3 Å². The van der Waals surface area contributed by atoms with E-state index in [0.717, 1.165) is 23.3 Å². The van der Waals surface area contributed by atoms with E-state index in [9.17, 15) is 0 Å². The summed E-state index contributed by atoms with van der Waals surface area (Å²) < 4.78 is 11.0. The zero-order valence-corrected chi connectivity index (χ0v) is 15.7. The fourth-order valence-corrected chi connectivity index (χ4v) is 3.16. The van der Waals surface area contributed by atoms with Crippen LogP contribution < -0.4 is 0 Å². The van der Waals surface area contributed by atoms with Crippen LogP contribution in [0.15, 0.2) is 63.0 Å². The lowest BCUT2D eigenvalue weighted by atomic mass is 10.2. The van der Waals surface area contributed by atoms with Crippen molar-refractivity contribution in [2.24, 2.45) is 0 Å². The van der Waals surface area contributed by atoms with Crippen LogP contribution in [0.4, 0.5) is 0 Å². The number of thioether (sulfide) groups is 1. The molecule has 4 aromatic rings. The summed E-state index contributed by atoms with van der Waals surface area (Å²) in [5, 5.41) is 13.3. The van der Waals surface area contributed by atoms with Gasteiger partial charge in [0.05, 0.1) is 0 Å². The van der Waals surface area contributed by atoms with Gasteiger partial charge in [0.25, 0.3) is 5.22 Å². The van der Waals surface area contributed by atoms with E-state index in [0.29, 0.717) is 34.3 Å². The molecule has 136 valence electrons. The van der Waals surface area contributed by atoms with Gasteiger partial charge in [-0.05, 0) is 42.8 Å². The number of nitrogens with zero attached hydrogens (tertiary/aromatic N) is 5. The van der Waals surface area contributed by atoms with Gasteiger partial charge in [-0.3, -0.25) is 4.98 Å². The number of halogens is 1. The predicted molar refractivity (Wildman–Crippen MR) is 101 cm³/mol. The van der Waals surface area contributed by atoms with Crippen molar-refractivity contribution in [3.63, 3.8) is 0 Å². The Balaban J connectivity index is 1.27. The third-order valence-electron chi connectivity index (χ3n) is 3.66. The second kappa shape index (κ2) is 8.32. The van der Waals surface area contributed by atoms with Gasteiger partial charge < -0.3 is 8.94 Å². The summed E-state index contributed by atoms with van der Waals surface area (Å²) in [6, 6.07) is 11.0. The van der Waals surface area contributed by atoms with Crippen molar-refractivity contribution < 1.29 is 8.94 Å². The van der Waals surface area contributed by atoms with Crippen LogP contribution in [-0.2, 0) is 6.42 Å². The molecule has 1 aromatic carbocycles. The summed E-state index contributed by atoms with van der Waals surface area (Å²) >= 11 is 7.38. The van der Waals surface area contributed by atoms with Crippen molar-refractivity contribution in [3.05, 3.63) is 59.7 Å².